The van der Waals surface area contributed by atoms with Gasteiger partial charge in [0.15, 0.2) is 5.11 Å². The van der Waals surface area contributed by atoms with Crippen LogP contribution < -0.4 is 10.6 Å². The number of aromatic nitrogens is 2. The predicted octanol–water partition coefficient (Wildman–Crippen LogP) is 4.47. The predicted molar refractivity (Wildman–Crippen MR) is 99.4 cm³/mol. The van der Waals surface area contributed by atoms with Crippen molar-refractivity contribution in [1.29, 1.82) is 0 Å². The molecule has 2 aromatic rings. The van der Waals surface area contributed by atoms with Crippen molar-refractivity contribution < 1.29 is 0 Å². The zero-order chi connectivity index (χ0) is 16.2. The molecule has 2 N–H and O–H groups in total. The molecule has 0 bridgehead atoms. The fourth-order valence-electron chi connectivity index (χ4n) is 2.76. The van der Waals surface area contributed by atoms with Crippen LogP contribution in [0.25, 0.3) is 0 Å². The van der Waals surface area contributed by atoms with Crippen LogP contribution in [0.5, 0.6) is 0 Å². The molecule has 1 aromatic heterocycles. The van der Waals surface area contributed by atoms with E-state index in [9.17, 15) is 0 Å². The Morgan fingerprint density at radius 3 is 2.83 bits per heavy atom. The van der Waals surface area contributed by atoms with E-state index in [0.717, 1.165) is 11.3 Å². The minimum Gasteiger partial charge on any atom is -0.360 e. The molecular weight excluding hydrogens is 351 g/mol. The standard InChI is InChI=1S/C16H18Cl2N4S/c17-12-6-5-11(15(18)7-12)9-22-10-14(8-19-22)21-16(23)20-13-3-1-2-4-13/h5-8,10,13H,1-4,9H2,(H2,20,21,23). The Hall–Kier alpha value is -1.30. The molecule has 4 nitrogen and oxygen atoms in total. The highest BCUT2D eigenvalue weighted by Crippen LogP contribution is 2.22. The lowest BCUT2D eigenvalue weighted by molar-refractivity contribution is 0.634. The summed E-state index contributed by atoms with van der Waals surface area (Å²) in [4.78, 5) is 0. The summed E-state index contributed by atoms with van der Waals surface area (Å²) in [5, 5.41) is 12.8. The van der Waals surface area contributed by atoms with Crippen molar-refractivity contribution in [2.75, 3.05) is 5.32 Å². The van der Waals surface area contributed by atoms with Gasteiger partial charge in [0, 0.05) is 22.3 Å². The highest BCUT2D eigenvalue weighted by molar-refractivity contribution is 7.80. The van der Waals surface area contributed by atoms with Crippen molar-refractivity contribution in [1.82, 2.24) is 15.1 Å². The van der Waals surface area contributed by atoms with Gasteiger partial charge < -0.3 is 10.6 Å². The van der Waals surface area contributed by atoms with E-state index in [4.69, 9.17) is 35.4 Å². The number of benzene rings is 1. The Balaban J connectivity index is 1.58. The van der Waals surface area contributed by atoms with Crippen LogP contribution in [-0.4, -0.2) is 20.9 Å². The Kier molecular flexibility index (Phi) is 5.41. The van der Waals surface area contributed by atoms with Crippen molar-refractivity contribution in [3.8, 4) is 0 Å². The normalized spacial score (nSPS) is 14.9. The molecular formula is C16H18Cl2N4S. The van der Waals surface area contributed by atoms with Crippen LogP contribution >= 0.6 is 35.4 Å². The molecule has 1 fully saturated rings. The summed E-state index contributed by atoms with van der Waals surface area (Å²) in [7, 11) is 0. The Morgan fingerprint density at radius 2 is 2.09 bits per heavy atom. The van der Waals surface area contributed by atoms with E-state index >= 15 is 0 Å². The lowest BCUT2D eigenvalue weighted by Gasteiger charge is -2.14. The van der Waals surface area contributed by atoms with Crippen LogP contribution in [0.3, 0.4) is 0 Å². The summed E-state index contributed by atoms with van der Waals surface area (Å²) in [5.41, 5.74) is 1.84. The third kappa shape index (κ3) is 4.59. The molecule has 1 aliphatic rings. The van der Waals surface area contributed by atoms with Crippen LogP contribution in [0.2, 0.25) is 10.0 Å². The monoisotopic (exact) mass is 368 g/mol. The summed E-state index contributed by atoms with van der Waals surface area (Å²) in [6.45, 7) is 0.584. The third-order valence-electron chi connectivity index (χ3n) is 3.93. The number of anilines is 1. The molecule has 0 spiro atoms. The second kappa shape index (κ2) is 7.51. The Labute approximate surface area is 151 Å². The number of rotatable bonds is 4. The Bertz CT molecular complexity index is 695. The zero-order valence-corrected chi connectivity index (χ0v) is 14.9. The van der Waals surface area contributed by atoms with Gasteiger partial charge in [0.25, 0.3) is 0 Å². The van der Waals surface area contributed by atoms with Crippen LogP contribution in [0.15, 0.2) is 30.6 Å². The number of hydrogen-bond acceptors (Lipinski definition) is 2. The summed E-state index contributed by atoms with van der Waals surface area (Å²) in [6, 6.07) is 5.97. The molecule has 0 amide bonds. The second-order valence-corrected chi connectivity index (χ2v) is 6.99. The second-order valence-electron chi connectivity index (χ2n) is 5.74. The minimum absolute atomic E-state index is 0.498. The number of nitrogens with zero attached hydrogens (tertiary/aromatic N) is 2. The molecule has 0 aliphatic heterocycles. The maximum atomic E-state index is 6.19. The third-order valence-corrected chi connectivity index (χ3v) is 4.74. The fourth-order valence-corrected chi connectivity index (χ4v) is 3.51. The molecule has 1 heterocycles. The van der Waals surface area contributed by atoms with Crippen molar-refractivity contribution in [3.63, 3.8) is 0 Å². The first-order valence-electron chi connectivity index (χ1n) is 7.64. The average molecular weight is 369 g/mol. The minimum atomic E-state index is 0.498. The summed E-state index contributed by atoms with van der Waals surface area (Å²) in [6.07, 6.45) is 8.60. The van der Waals surface area contributed by atoms with E-state index in [1.54, 1.807) is 12.3 Å². The largest absolute Gasteiger partial charge is 0.360 e. The van der Waals surface area contributed by atoms with E-state index < -0.39 is 0 Å². The van der Waals surface area contributed by atoms with Gasteiger partial charge in [-0.15, -0.1) is 0 Å². The number of nitrogens with one attached hydrogen (secondary N) is 2. The van der Waals surface area contributed by atoms with Gasteiger partial charge in [0.05, 0.1) is 18.4 Å². The van der Waals surface area contributed by atoms with E-state index in [-0.39, 0.29) is 0 Å². The molecule has 0 unspecified atom stereocenters. The fraction of sp³-hybridized carbons (Fsp3) is 0.375. The first-order valence-corrected chi connectivity index (χ1v) is 8.80. The highest BCUT2D eigenvalue weighted by Gasteiger charge is 2.15. The van der Waals surface area contributed by atoms with E-state index in [1.165, 1.54) is 25.7 Å². The van der Waals surface area contributed by atoms with Gasteiger partial charge in [-0.2, -0.15) is 5.10 Å². The number of thiocarbonyl (C=S) groups is 1. The first kappa shape index (κ1) is 16.6. The quantitative estimate of drug-likeness (QED) is 0.781. The van der Waals surface area contributed by atoms with Gasteiger partial charge in [-0.25, -0.2) is 0 Å². The summed E-state index contributed by atoms with van der Waals surface area (Å²) < 4.78 is 1.82. The maximum absolute atomic E-state index is 6.19. The number of hydrogen-bond donors (Lipinski definition) is 2. The lowest BCUT2D eigenvalue weighted by Crippen LogP contribution is -2.35. The van der Waals surface area contributed by atoms with Crippen LogP contribution in [0, 0.1) is 0 Å². The molecule has 1 aromatic carbocycles. The molecule has 1 aliphatic carbocycles. The molecule has 23 heavy (non-hydrogen) atoms. The van der Waals surface area contributed by atoms with Gasteiger partial charge >= 0.3 is 0 Å². The highest BCUT2D eigenvalue weighted by atomic mass is 35.5. The average Bonchev–Trinajstić information content (AvgIpc) is 3.14. The van der Waals surface area contributed by atoms with Crippen molar-refractivity contribution in [2.24, 2.45) is 0 Å². The van der Waals surface area contributed by atoms with Crippen LogP contribution in [0.4, 0.5) is 5.69 Å². The van der Waals surface area contributed by atoms with Gasteiger partial charge in [-0.05, 0) is 42.8 Å². The maximum Gasteiger partial charge on any atom is 0.171 e. The molecule has 0 saturated heterocycles. The topological polar surface area (TPSA) is 41.9 Å². The molecule has 7 heteroatoms. The summed E-state index contributed by atoms with van der Waals surface area (Å²) >= 11 is 17.5. The molecule has 1 saturated carbocycles. The van der Waals surface area contributed by atoms with Crippen molar-refractivity contribution in [2.45, 2.75) is 38.3 Å². The van der Waals surface area contributed by atoms with Crippen LogP contribution in [0.1, 0.15) is 31.2 Å². The van der Waals surface area contributed by atoms with E-state index in [0.29, 0.717) is 27.7 Å². The van der Waals surface area contributed by atoms with Crippen molar-refractivity contribution in [3.05, 3.63) is 46.2 Å². The van der Waals surface area contributed by atoms with Gasteiger partial charge in [0.2, 0.25) is 0 Å². The zero-order valence-electron chi connectivity index (χ0n) is 12.6. The van der Waals surface area contributed by atoms with Gasteiger partial charge in [-0.3, -0.25) is 4.68 Å². The molecule has 0 atom stereocenters. The van der Waals surface area contributed by atoms with Crippen LogP contribution in [-0.2, 0) is 6.54 Å². The van der Waals surface area contributed by atoms with E-state index in [2.05, 4.69) is 15.7 Å². The Morgan fingerprint density at radius 1 is 1.30 bits per heavy atom. The lowest BCUT2D eigenvalue weighted by atomic mass is 10.2. The van der Waals surface area contributed by atoms with Gasteiger partial charge in [-0.1, -0.05) is 42.1 Å². The smallest absolute Gasteiger partial charge is 0.171 e. The number of halogens is 2. The van der Waals surface area contributed by atoms with Gasteiger partial charge in [0.1, 0.15) is 0 Å². The molecule has 3 rings (SSSR count). The SMILES string of the molecule is S=C(Nc1cnn(Cc2ccc(Cl)cc2Cl)c1)NC1CCCC1. The van der Waals surface area contributed by atoms with Crippen molar-refractivity contribution >= 4 is 46.2 Å². The molecule has 122 valence electrons. The molecule has 0 radical (unpaired) electrons. The first-order chi connectivity index (χ1) is 11.1. The van der Waals surface area contributed by atoms with E-state index in [1.807, 2.05) is 23.0 Å². The summed E-state index contributed by atoms with van der Waals surface area (Å²) in [5.74, 6) is 0.